The number of rotatable bonds is 6. The molecule has 3 aromatic rings. The molecule has 0 spiro atoms. The van der Waals surface area contributed by atoms with Gasteiger partial charge in [-0.25, -0.2) is 4.98 Å². The van der Waals surface area contributed by atoms with Crippen LogP contribution in [-0.4, -0.2) is 28.9 Å². The Morgan fingerprint density at radius 2 is 1.56 bits per heavy atom. The van der Waals surface area contributed by atoms with Gasteiger partial charge in [-0.3, -0.25) is 4.79 Å². The second-order valence-corrected chi connectivity index (χ2v) is 6.23. The average molecular weight is 332 g/mol. The Balaban J connectivity index is 2.14. The molecule has 1 amide bonds. The van der Waals surface area contributed by atoms with Gasteiger partial charge in [-0.2, -0.15) is 0 Å². The Labute approximate surface area is 149 Å². The molecule has 0 atom stereocenters. The normalized spacial score (nSPS) is 10.8. The third-order valence-electron chi connectivity index (χ3n) is 4.29. The van der Waals surface area contributed by atoms with E-state index in [4.69, 9.17) is 4.98 Å². The van der Waals surface area contributed by atoms with E-state index in [0.717, 1.165) is 53.7 Å². The maximum Gasteiger partial charge on any atom is 0.254 e. The molecule has 0 aliphatic carbocycles. The van der Waals surface area contributed by atoms with E-state index in [0.29, 0.717) is 0 Å². The maximum absolute atomic E-state index is 13.2. The van der Waals surface area contributed by atoms with Crippen molar-refractivity contribution in [2.75, 3.05) is 13.1 Å². The Hall–Kier alpha value is -2.68. The highest BCUT2D eigenvalue weighted by Gasteiger charge is 2.18. The van der Waals surface area contributed by atoms with E-state index >= 15 is 0 Å². The lowest BCUT2D eigenvalue weighted by Crippen LogP contribution is -2.32. The van der Waals surface area contributed by atoms with Crippen LogP contribution < -0.4 is 0 Å². The van der Waals surface area contributed by atoms with Crippen molar-refractivity contribution >= 4 is 16.8 Å². The van der Waals surface area contributed by atoms with Crippen LogP contribution >= 0.6 is 0 Å². The summed E-state index contributed by atoms with van der Waals surface area (Å²) in [6.07, 6.45) is 1.92. The summed E-state index contributed by atoms with van der Waals surface area (Å²) in [6.45, 7) is 5.78. The van der Waals surface area contributed by atoms with Gasteiger partial charge in [0.1, 0.15) is 0 Å². The number of hydrogen-bond donors (Lipinski definition) is 0. The minimum Gasteiger partial charge on any atom is -0.339 e. The molecular formula is C22H24N2O. The van der Waals surface area contributed by atoms with E-state index in [1.54, 1.807) is 0 Å². The molecule has 0 aliphatic rings. The van der Waals surface area contributed by atoms with Gasteiger partial charge in [-0.15, -0.1) is 0 Å². The van der Waals surface area contributed by atoms with E-state index < -0.39 is 0 Å². The molecule has 0 aliphatic heterocycles. The Kier molecular flexibility index (Phi) is 5.44. The van der Waals surface area contributed by atoms with Crippen molar-refractivity contribution in [3.63, 3.8) is 0 Å². The van der Waals surface area contributed by atoms with Crippen LogP contribution in [0.15, 0.2) is 60.7 Å². The standard InChI is InChI=1S/C22H24N2O/c1-3-14-24(15-4-2)22(25)19-16-21(17-10-6-5-7-11-17)23-20-13-9-8-12-18(19)20/h5-13,16H,3-4,14-15H2,1-2H3. The monoisotopic (exact) mass is 332 g/mol. The SMILES string of the molecule is CCCN(CCC)C(=O)c1cc(-c2ccccc2)nc2ccccc12. The molecule has 0 N–H and O–H groups in total. The first-order chi connectivity index (χ1) is 12.2. The summed E-state index contributed by atoms with van der Waals surface area (Å²) < 4.78 is 0. The van der Waals surface area contributed by atoms with Crippen molar-refractivity contribution in [1.29, 1.82) is 0 Å². The fraction of sp³-hybridized carbons (Fsp3) is 0.273. The molecule has 0 radical (unpaired) electrons. The molecule has 0 fully saturated rings. The van der Waals surface area contributed by atoms with Crippen molar-refractivity contribution in [3.8, 4) is 11.3 Å². The van der Waals surface area contributed by atoms with E-state index in [9.17, 15) is 4.79 Å². The van der Waals surface area contributed by atoms with Gasteiger partial charge in [0.15, 0.2) is 0 Å². The highest BCUT2D eigenvalue weighted by Crippen LogP contribution is 2.26. The molecule has 2 aromatic carbocycles. The minimum atomic E-state index is 0.0967. The molecule has 3 rings (SSSR count). The quantitative estimate of drug-likeness (QED) is 0.624. The predicted molar refractivity (Wildman–Crippen MR) is 104 cm³/mol. The molecule has 0 bridgehead atoms. The zero-order valence-electron chi connectivity index (χ0n) is 14.9. The highest BCUT2D eigenvalue weighted by molar-refractivity contribution is 6.07. The molecule has 25 heavy (non-hydrogen) atoms. The zero-order chi connectivity index (χ0) is 17.6. The number of amides is 1. The second-order valence-electron chi connectivity index (χ2n) is 6.23. The number of carbonyl (C=O) groups is 1. The first kappa shape index (κ1) is 17.2. The van der Waals surface area contributed by atoms with Gasteiger partial charge < -0.3 is 4.90 Å². The number of hydrogen-bond acceptors (Lipinski definition) is 2. The van der Waals surface area contributed by atoms with Crippen molar-refractivity contribution < 1.29 is 4.79 Å². The average Bonchev–Trinajstić information content (AvgIpc) is 2.67. The van der Waals surface area contributed by atoms with Crippen LogP contribution in [0.25, 0.3) is 22.2 Å². The molecule has 128 valence electrons. The van der Waals surface area contributed by atoms with Crippen molar-refractivity contribution in [2.24, 2.45) is 0 Å². The number of nitrogens with zero attached hydrogens (tertiary/aromatic N) is 2. The summed E-state index contributed by atoms with van der Waals surface area (Å²) in [5.41, 5.74) is 3.47. The fourth-order valence-corrected chi connectivity index (χ4v) is 3.13. The molecule has 1 heterocycles. The lowest BCUT2D eigenvalue weighted by Gasteiger charge is -2.22. The number of fused-ring (bicyclic) bond motifs is 1. The predicted octanol–water partition coefficient (Wildman–Crippen LogP) is 5.16. The van der Waals surface area contributed by atoms with E-state index in [2.05, 4.69) is 13.8 Å². The Bertz CT molecular complexity index is 852. The summed E-state index contributed by atoms with van der Waals surface area (Å²) in [5.74, 6) is 0.0967. The number of carbonyl (C=O) groups excluding carboxylic acids is 1. The van der Waals surface area contributed by atoms with Crippen LogP contribution in [0.3, 0.4) is 0 Å². The highest BCUT2D eigenvalue weighted by atomic mass is 16.2. The molecule has 3 heteroatoms. The van der Waals surface area contributed by atoms with E-state index in [1.807, 2.05) is 65.6 Å². The number of para-hydroxylation sites is 1. The number of benzene rings is 2. The van der Waals surface area contributed by atoms with Crippen LogP contribution in [-0.2, 0) is 0 Å². The number of aromatic nitrogens is 1. The molecule has 0 unspecified atom stereocenters. The molecule has 1 aromatic heterocycles. The lowest BCUT2D eigenvalue weighted by molar-refractivity contribution is 0.0757. The lowest BCUT2D eigenvalue weighted by atomic mass is 10.0. The van der Waals surface area contributed by atoms with E-state index in [1.165, 1.54) is 0 Å². The van der Waals surface area contributed by atoms with Crippen LogP contribution in [0.1, 0.15) is 37.0 Å². The summed E-state index contributed by atoms with van der Waals surface area (Å²) in [6, 6.07) is 19.9. The topological polar surface area (TPSA) is 33.2 Å². The largest absolute Gasteiger partial charge is 0.339 e. The number of pyridine rings is 1. The second kappa shape index (κ2) is 7.93. The third-order valence-corrected chi connectivity index (χ3v) is 4.29. The fourth-order valence-electron chi connectivity index (χ4n) is 3.13. The van der Waals surface area contributed by atoms with Crippen LogP contribution in [0.2, 0.25) is 0 Å². The van der Waals surface area contributed by atoms with Gasteiger partial charge in [0.25, 0.3) is 5.91 Å². The smallest absolute Gasteiger partial charge is 0.254 e. The van der Waals surface area contributed by atoms with Crippen molar-refractivity contribution in [1.82, 2.24) is 9.88 Å². The van der Waals surface area contributed by atoms with Crippen molar-refractivity contribution in [2.45, 2.75) is 26.7 Å². The molecule has 3 nitrogen and oxygen atoms in total. The molecule has 0 saturated heterocycles. The summed E-state index contributed by atoms with van der Waals surface area (Å²) in [4.78, 5) is 19.9. The maximum atomic E-state index is 13.2. The van der Waals surface area contributed by atoms with E-state index in [-0.39, 0.29) is 5.91 Å². The molecular weight excluding hydrogens is 308 g/mol. The van der Waals surface area contributed by atoms with Gasteiger partial charge in [0.2, 0.25) is 0 Å². The Morgan fingerprint density at radius 3 is 2.24 bits per heavy atom. The van der Waals surface area contributed by atoms with Gasteiger partial charge in [-0.05, 0) is 25.0 Å². The first-order valence-corrected chi connectivity index (χ1v) is 8.99. The third kappa shape index (κ3) is 3.71. The van der Waals surface area contributed by atoms with Crippen LogP contribution in [0, 0.1) is 0 Å². The molecule has 0 saturated carbocycles. The van der Waals surface area contributed by atoms with Gasteiger partial charge >= 0.3 is 0 Å². The minimum absolute atomic E-state index is 0.0967. The van der Waals surface area contributed by atoms with Crippen molar-refractivity contribution in [3.05, 3.63) is 66.2 Å². The Morgan fingerprint density at radius 1 is 0.920 bits per heavy atom. The van der Waals surface area contributed by atoms with Gasteiger partial charge in [0, 0.05) is 24.0 Å². The van der Waals surface area contributed by atoms with Crippen LogP contribution in [0.4, 0.5) is 0 Å². The summed E-state index contributed by atoms with van der Waals surface area (Å²) in [7, 11) is 0. The van der Waals surface area contributed by atoms with Crippen LogP contribution in [0.5, 0.6) is 0 Å². The van der Waals surface area contributed by atoms with Gasteiger partial charge in [-0.1, -0.05) is 62.4 Å². The summed E-state index contributed by atoms with van der Waals surface area (Å²) >= 11 is 0. The summed E-state index contributed by atoms with van der Waals surface area (Å²) in [5, 5.41) is 0.921. The van der Waals surface area contributed by atoms with Gasteiger partial charge in [0.05, 0.1) is 16.8 Å². The zero-order valence-corrected chi connectivity index (χ0v) is 14.9. The first-order valence-electron chi connectivity index (χ1n) is 8.99.